The van der Waals surface area contributed by atoms with Gasteiger partial charge in [0.15, 0.2) is 5.82 Å². The fourth-order valence-electron chi connectivity index (χ4n) is 0.993. The first-order chi connectivity index (χ1) is 6.88. The SMILES string of the molecule is COCCOCCn1ncnc1CO. The Morgan fingerprint density at radius 1 is 1.43 bits per heavy atom. The second-order valence-corrected chi connectivity index (χ2v) is 2.66. The molecule has 0 saturated heterocycles. The molecule has 0 atom stereocenters. The summed E-state index contributed by atoms with van der Waals surface area (Å²) >= 11 is 0. The van der Waals surface area contributed by atoms with Gasteiger partial charge in [-0.1, -0.05) is 0 Å². The third-order valence-electron chi connectivity index (χ3n) is 1.72. The Kier molecular flexibility index (Phi) is 5.13. The standard InChI is InChI=1S/C8H15N3O3/c1-13-4-5-14-3-2-11-8(6-12)9-7-10-11/h7,12H,2-6H2,1H3. The molecule has 0 aliphatic carbocycles. The Labute approximate surface area is 82.5 Å². The molecule has 6 nitrogen and oxygen atoms in total. The second-order valence-electron chi connectivity index (χ2n) is 2.66. The molecular formula is C8H15N3O3. The van der Waals surface area contributed by atoms with E-state index >= 15 is 0 Å². The van der Waals surface area contributed by atoms with Crippen LogP contribution in [0.25, 0.3) is 0 Å². The third-order valence-corrected chi connectivity index (χ3v) is 1.72. The molecule has 1 aromatic heterocycles. The molecule has 80 valence electrons. The summed E-state index contributed by atoms with van der Waals surface area (Å²) in [6, 6.07) is 0. The van der Waals surface area contributed by atoms with E-state index in [9.17, 15) is 0 Å². The minimum Gasteiger partial charge on any atom is -0.388 e. The fraction of sp³-hybridized carbons (Fsp3) is 0.750. The van der Waals surface area contributed by atoms with Gasteiger partial charge in [-0.2, -0.15) is 5.10 Å². The minimum atomic E-state index is -0.0991. The molecule has 0 aliphatic rings. The monoisotopic (exact) mass is 201 g/mol. The van der Waals surface area contributed by atoms with E-state index in [4.69, 9.17) is 14.6 Å². The van der Waals surface area contributed by atoms with Gasteiger partial charge in [0.25, 0.3) is 0 Å². The van der Waals surface area contributed by atoms with E-state index in [-0.39, 0.29) is 6.61 Å². The lowest BCUT2D eigenvalue weighted by atomic mass is 10.6. The first-order valence-corrected chi connectivity index (χ1v) is 4.42. The first kappa shape index (κ1) is 11.1. The van der Waals surface area contributed by atoms with E-state index < -0.39 is 0 Å². The van der Waals surface area contributed by atoms with Gasteiger partial charge in [0, 0.05) is 7.11 Å². The summed E-state index contributed by atoms with van der Waals surface area (Å²) in [7, 11) is 1.63. The molecule has 14 heavy (non-hydrogen) atoms. The van der Waals surface area contributed by atoms with Crippen molar-refractivity contribution in [3.63, 3.8) is 0 Å². The molecule has 0 aromatic carbocycles. The summed E-state index contributed by atoms with van der Waals surface area (Å²) in [6.07, 6.45) is 1.42. The molecule has 0 radical (unpaired) electrons. The minimum absolute atomic E-state index is 0.0991. The van der Waals surface area contributed by atoms with Crippen molar-refractivity contribution in [2.75, 3.05) is 26.9 Å². The van der Waals surface area contributed by atoms with Crippen LogP contribution in [0, 0.1) is 0 Å². The zero-order valence-corrected chi connectivity index (χ0v) is 8.22. The van der Waals surface area contributed by atoms with Crippen LogP contribution in [-0.4, -0.2) is 46.8 Å². The summed E-state index contributed by atoms with van der Waals surface area (Å²) in [4.78, 5) is 3.87. The lowest BCUT2D eigenvalue weighted by molar-refractivity contribution is 0.0645. The van der Waals surface area contributed by atoms with Crippen molar-refractivity contribution in [3.8, 4) is 0 Å². The largest absolute Gasteiger partial charge is 0.388 e. The van der Waals surface area contributed by atoms with Crippen LogP contribution in [0.3, 0.4) is 0 Å². The summed E-state index contributed by atoms with van der Waals surface area (Å²) < 4.78 is 11.7. The van der Waals surface area contributed by atoms with Crippen molar-refractivity contribution >= 4 is 0 Å². The highest BCUT2D eigenvalue weighted by Crippen LogP contribution is 1.93. The summed E-state index contributed by atoms with van der Waals surface area (Å²) in [6.45, 7) is 2.20. The zero-order chi connectivity index (χ0) is 10.2. The summed E-state index contributed by atoms with van der Waals surface area (Å²) in [5, 5.41) is 12.8. The molecule has 0 saturated carbocycles. The predicted octanol–water partition coefficient (Wildman–Crippen LogP) is -0.567. The van der Waals surface area contributed by atoms with Gasteiger partial charge in [-0.15, -0.1) is 0 Å². The first-order valence-electron chi connectivity index (χ1n) is 4.42. The van der Waals surface area contributed by atoms with Gasteiger partial charge in [-0.05, 0) is 0 Å². The summed E-state index contributed by atoms with van der Waals surface area (Å²) in [5.41, 5.74) is 0. The Morgan fingerprint density at radius 2 is 2.29 bits per heavy atom. The van der Waals surface area contributed by atoms with Gasteiger partial charge in [0.05, 0.1) is 26.4 Å². The van der Waals surface area contributed by atoms with Crippen molar-refractivity contribution in [3.05, 3.63) is 12.2 Å². The van der Waals surface area contributed by atoms with Crippen molar-refractivity contribution in [1.29, 1.82) is 0 Å². The number of nitrogens with zero attached hydrogens (tertiary/aromatic N) is 3. The maximum absolute atomic E-state index is 8.86. The van der Waals surface area contributed by atoms with E-state index in [1.54, 1.807) is 11.8 Å². The third kappa shape index (κ3) is 3.41. The molecule has 0 aliphatic heterocycles. The average molecular weight is 201 g/mol. The molecule has 0 bridgehead atoms. The zero-order valence-electron chi connectivity index (χ0n) is 8.22. The van der Waals surface area contributed by atoms with Crippen molar-refractivity contribution in [2.45, 2.75) is 13.2 Å². The van der Waals surface area contributed by atoms with Crippen LogP contribution in [0.2, 0.25) is 0 Å². The Morgan fingerprint density at radius 3 is 3.00 bits per heavy atom. The molecule has 0 amide bonds. The van der Waals surface area contributed by atoms with Crippen LogP contribution < -0.4 is 0 Å². The Bertz CT molecular complexity index is 252. The highest BCUT2D eigenvalue weighted by molar-refractivity contribution is 4.80. The molecule has 0 fully saturated rings. The number of aliphatic hydroxyl groups excluding tert-OH is 1. The van der Waals surface area contributed by atoms with Crippen molar-refractivity contribution in [2.24, 2.45) is 0 Å². The molecular weight excluding hydrogens is 186 g/mol. The van der Waals surface area contributed by atoms with Crippen LogP contribution in [0.4, 0.5) is 0 Å². The van der Waals surface area contributed by atoms with Crippen LogP contribution >= 0.6 is 0 Å². The number of hydrogen-bond acceptors (Lipinski definition) is 5. The highest BCUT2D eigenvalue weighted by atomic mass is 16.5. The molecule has 6 heteroatoms. The van der Waals surface area contributed by atoms with E-state index in [2.05, 4.69) is 10.1 Å². The number of rotatable bonds is 7. The highest BCUT2D eigenvalue weighted by Gasteiger charge is 2.01. The quantitative estimate of drug-likeness (QED) is 0.598. The van der Waals surface area contributed by atoms with Gasteiger partial charge in [0.2, 0.25) is 0 Å². The molecule has 1 rings (SSSR count). The van der Waals surface area contributed by atoms with Crippen LogP contribution in [0.5, 0.6) is 0 Å². The van der Waals surface area contributed by atoms with Gasteiger partial charge in [-0.3, -0.25) is 0 Å². The van der Waals surface area contributed by atoms with Crippen molar-refractivity contribution < 1.29 is 14.6 Å². The fourth-order valence-corrected chi connectivity index (χ4v) is 0.993. The van der Waals surface area contributed by atoms with E-state index in [0.717, 1.165) is 0 Å². The maximum atomic E-state index is 8.86. The number of aromatic nitrogens is 3. The maximum Gasteiger partial charge on any atom is 0.152 e. The number of methoxy groups -OCH3 is 1. The van der Waals surface area contributed by atoms with E-state index in [1.165, 1.54) is 6.33 Å². The second kappa shape index (κ2) is 6.47. The van der Waals surface area contributed by atoms with Crippen LogP contribution in [-0.2, 0) is 22.6 Å². The lowest BCUT2D eigenvalue weighted by Crippen LogP contribution is -2.12. The average Bonchev–Trinajstić information content (AvgIpc) is 2.65. The van der Waals surface area contributed by atoms with Gasteiger partial charge in [0.1, 0.15) is 12.9 Å². The van der Waals surface area contributed by atoms with E-state index in [1.807, 2.05) is 0 Å². The van der Waals surface area contributed by atoms with Crippen LogP contribution in [0.15, 0.2) is 6.33 Å². The number of ether oxygens (including phenoxy) is 2. The molecule has 0 unspecified atom stereocenters. The van der Waals surface area contributed by atoms with Gasteiger partial charge in [-0.25, -0.2) is 9.67 Å². The predicted molar refractivity (Wildman–Crippen MR) is 48.6 cm³/mol. The molecule has 1 N–H and O–H groups in total. The van der Waals surface area contributed by atoms with E-state index in [0.29, 0.717) is 32.2 Å². The molecule has 1 heterocycles. The Balaban J connectivity index is 2.17. The normalized spacial score (nSPS) is 10.7. The lowest BCUT2D eigenvalue weighted by Gasteiger charge is -2.05. The number of hydrogen-bond donors (Lipinski definition) is 1. The molecule has 1 aromatic rings. The van der Waals surface area contributed by atoms with Crippen LogP contribution in [0.1, 0.15) is 5.82 Å². The van der Waals surface area contributed by atoms with Gasteiger partial charge >= 0.3 is 0 Å². The smallest absolute Gasteiger partial charge is 0.152 e. The van der Waals surface area contributed by atoms with Gasteiger partial charge < -0.3 is 14.6 Å². The number of aliphatic hydroxyl groups is 1. The topological polar surface area (TPSA) is 69.4 Å². The Hall–Kier alpha value is -0.980. The van der Waals surface area contributed by atoms with Crippen molar-refractivity contribution in [1.82, 2.24) is 14.8 Å². The molecule has 0 spiro atoms. The summed E-state index contributed by atoms with van der Waals surface area (Å²) in [5.74, 6) is 0.556.